The number of fused-ring (bicyclic) bond motifs is 3. The highest BCUT2D eigenvalue weighted by atomic mass is 16.2. The van der Waals surface area contributed by atoms with E-state index in [1.54, 1.807) is 6.33 Å². The number of carbonyl (C=O) groups excluding carboxylic acids is 1. The maximum absolute atomic E-state index is 12.8. The van der Waals surface area contributed by atoms with Crippen molar-refractivity contribution in [2.75, 3.05) is 13.1 Å². The smallest absolute Gasteiger partial charge is 0.253 e. The molecule has 1 amide bonds. The van der Waals surface area contributed by atoms with Gasteiger partial charge in [-0.25, -0.2) is 4.98 Å². The fourth-order valence-corrected chi connectivity index (χ4v) is 3.77. The SMILES string of the molecule is O=C(c1ccc2nnc3ncn(Cc4ccccc4)c3c2c1)N1CCCC1. The number of amides is 1. The van der Waals surface area contributed by atoms with Crippen LogP contribution in [0.2, 0.25) is 0 Å². The van der Waals surface area contributed by atoms with Gasteiger partial charge in [0.1, 0.15) is 0 Å². The summed E-state index contributed by atoms with van der Waals surface area (Å²) >= 11 is 0. The Hall–Kier alpha value is -3.28. The Morgan fingerprint density at radius 1 is 1.00 bits per heavy atom. The molecule has 134 valence electrons. The third-order valence-electron chi connectivity index (χ3n) is 5.16. The molecule has 1 aliphatic heterocycles. The molecule has 1 saturated heterocycles. The largest absolute Gasteiger partial charge is 0.339 e. The summed E-state index contributed by atoms with van der Waals surface area (Å²) in [4.78, 5) is 19.1. The fraction of sp³-hybridized carbons (Fsp3) is 0.238. The molecule has 3 heterocycles. The van der Waals surface area contributed by atoms with Crippen molar-refractivity contribution in [1.82, 2.24) is 24.6 Å². The van der Waals surface area contributed by atoms with Gasteiger partial charge in [-0.2, -0.15) is 0 Å². The van der Waals surface area contributed by atoms with E-state index in [0.29, 0.717) is 17.8 Å². The van der Waals surface area contributed by atoms with Crippen LogP contribution < -0.4 is 0 Å². The van der Waals surface area contributed by atoms with E-state index in [-0.39, 0.29) is 5.91 Å². The standard InChI is InChI=1S/C21H19N5O/c27-21(25-10-4-5-11-25)16-8-9-18-17(12-16)19-20(24-23-18)22-14-26(19)13-15-6-2-1-3-7-15/h1-3,6-9,12,14H,4-5,10-11,13H2. The Morgan fingerprint density at radius 2 is 1.81 bits per heavy atom. The summed E-state index contributed by atoms with van der Waals surface area (Å²) in [5, 5.41) is 9.44. The Kier molecular flexibility index (Phi) is 3.81. The van der Waals surface area contributed by atoms with Crippen molar-refractivity contribution in [1.29, 1.82) is 0 Å². The fourth-order valence-electron chi connectivity index (χ4n) is 3.77. The van der Waals surface area contributed by atoms with Crippen LogP contribution in [0.25, 0.3) is 22.1 Å². The molecule has 0 radical (unpaired) electrons. The van der Waals surface area contributed by atoms with Crippen LogP contribution >= 0.6 is 0 Å². The second-order valence-electron chi connectivity index (χ2n) is 6.96. The number of benzene rings is 2. The maximum atomic E-state index is 12.8. The zero-order chi connectivity index (χ0) is 18.2. The van der Waals surface area contributed by atoms with Crippen molar-refractivity contribution < 1.29 is 4.79 Å². The summed E-state index contributed by atoms with van der Waals surface area (Å²) in [5.74, 6) is 0.0912. The van der Waals surface area contributed by atoms with Gasteiger partial charge >= 0.3 is 0 Å². The minimum absolute atomic E-state index is 0.0912. The summed E-state index contributed by atoms with van der Waals surface area (Å²) < 4.78 is 2.08. The van der Waals surface area contributed by atoms with Gasteiger partial charge < -0.3 is 9.47 Å². The number of aromatic nitrogens is 4. The number of nitrogens with zero attached hydrogens (tertiary/aromatic N) is 5. The first kappa shape index (κ1) is 15.9. The van der Waals surface area contributed by atoms with E-state index in [1.807, 2.05) is 41.3 Å². The van der Waals surface area contributed by atoms with Crippen LogP contribution in [-0.4, -0.2) is 43.6 Å². The number of carbonyl (C=O) groups is 1. The first-order valence-corrected chi connectivity index (χ1v) is 9.24. The topological polar surface area (TPSA) is 63.9 Å². The number of likely N-dealkylation sites (tertiary alicyclic amines) is 1. The second-order valence-corrected chi connectivity index (χ2v) is 6.96. The molecular formula is C21H19N5O. The van der Waals surface area contributed by atoms with Gasteiger partial charge in [0.15, 0.2) is 0 Å². The highest BCUT2D eigenvalue weighted by Crippen LogP contribution is 2.24. The lowest BCUT2D eigenvalue weighted by atomic mass is 10.1. The molecule has 0 spiro atoms. The van der Waals surface area contributed by atoms with Gasteiger partial charge in [0.05, 0.1) is 17.4 Å². The summed E-state index contributed by atoms with van der Waals surface area (Å²) in [6.07, 6.45) is 3.96. The molecule has 5 rings (SSSR count). The van der Waals surface area contributed by atoms with Crippen LogP contribution in [0.5, 0.6) is 0 Å². The van der Waals surface area contributed by atoms with Gasteiger partial charge in [0, 0.05) is 30.6 Å². The van der Waals surface area contributed by atoms with Crippen molar-refractivity contribution >= 4 is 28.0 Å². The molecule has 6 nitrogen and oxygen atoms in total. The Labute approximate surface area is 156 Å². The van der Waals surface area contributed by atoms with Crippen molar-refractivity contribution in [3.63, 3.8) is 0 Å². The molecule has 0 aliphatic carbocycles. The number of hydrogen-bond acceptors (Lipinski definition) is 4. The van der Waals surface area contributed by atoms with Crippen LogP contribution in [0.4, 0.5) is 0 Å². The monoisotopic (exact) mass is 357 g/mol. The Bertz CT molecular complexity index is 1130. The molecule has 1 fully saturated rings. The molecule has 0 atom stereocenters. The van der Waals surface area contributed by atoms with E-state index < -0.39 is 0 Å². The first-order valence-electron chi connectivity index (χ1n) is 9.24. The molecule has 0 N–H and O–H groups in total. The molecule has 4 aromatic rings. The van der Waals surface area contributed by atoms with Gasteiger partial charge in [0.25, 0.3) is 5.91 Å². The molecule has 2 aromatic carbocycles. The van der Waals surface area contributed by atoms with Crippen LogP contribution in [0, 0.1) is 0 Å². The van der Waals surface area contributed by atoms with Gasteiger partial charge in [-0.05, 0) is 36.6 Å². The van der Waals surface area contributed by atoms with Gasteiger partial charge in [-0.15, -0.1) is 10.2 Å². The van der Waals surface area contributed by atoms with Crippen molar-refractivity contribution in [3.05, 3.63) is 66.0 Å². The predicted octanol–water partition coefficient (Wildman–Crippen LogP) is 3.26. The summed E-state index contributed by atoms with van der Waals surface area (Å²) in [6, 6.07) is 15.9. The third-order valence-corrected chi connectivity index (χ3v) is 5.16. The number of rotatable bonds is 3. The zero-order valence-electron chi connectivity index (χ0n) is 14.9. The van der Waals surface area contributed by atoms with Gasteiger partial charge in [-0.3, -0.25) is 4.79 Å². The molecule has 2 aromatic heterocycles. The molecule has 6 heteroatoms. The van der Waals surface area contributed by atoms with Crippen molar-refractivity contribution in [2.24, 2.45) is 0 Å². The van der Waals surface area contributed by atoms with Crippen LogP contribution in [0.3, 0.4) is 0 Å². The molecule has 0 saturated carbocycles. The highest BCUT2D eigenvalue weighted by molar-refractivity contribution is 6.05. The Morgan fingerprint density at radius 3 is 2.63 bits per heavy atom. The molecule has 27 heavy (non-hydrogen) atoms. The van der Waals surface area contributed by atoms with E-state index in [0.717, 1.165) is 42.4 Å². The molecule has 0 unspecified atom stereocenters. The lowest BCUT2D eigenvalue weighted by Crippen LogP contribution is -2.27. The quantitative estimate of drug-likeness (QED) is 0.564. The van der Waals surface area contributed by atoms with Crippen molar-refractivity contribution in [2.45, 2.75) is 19.4 Å². The summed E-state index contributed by atoms with van der Waals surface area (Å²) in [7, 11) is 0. The third kappa shape index (κ3) is 2.83. The van der Waals surface area contributed by atoms with E-state index >= 15 is 0 Å². The highest BCUT2D eigenvalue weighted by Gasteiger charge is 2.20. The van der Waals surface area contributed by atoms with Gasteiger partial charge in [0.2, 0.25) is 5.65 Å². The van der Waals surface area contributed by atoms with E-state index in [9.17, 15) is 4.79 Å². The molecular weight excluding hydrogens is 338 g/mol. The average Bonchev–Trinajstić information content (AvgIpc) is 3.38. The van der Waals surface area contributed by atoms with E-state index in [2.05, 4.69) is 31.9 Å². The minimum Gasteiger partial charge on any atom is -0.339 e. The van der Waals surface area contributed by atoms with E-state index in [4.69, 9.17) is 0 Å². The van der Waals surface area contributed by atoms with Gasteiger partial charge in [-0.1, -0.05) is 30.3 Å². The first-order chi connectivity index (χ1) is 13.3. The van der Waals surface area contributed by atoms with Crippen molar-refractivity contribution in [3.8, 4) is 0 Å². The predicted molar refractivity (Wildman–Crippen MR) is 104 cm³/mol. The molecule has 1 aliphatic rings. The second kappa shape index (κ2) is 6.46. The normalized spacial score (nSPS) is 14.3. The number of hydrogen-bond donors (Lipinski definition) is 0. The Balaban J connectivity index is 1.63. The summed E-state index contributed by atoms with van der Waals surface area (Å²) in [5.41, 5.74) is 4.18. The van der Waals surface area contributed by atoms with Crippen LogP contribution in [0.1, 0.15) is 28.8 Å². The van der Waals surface area contributed by atoms with Crippen LogP contribution in [-0.2, 0) is 6.54 Å². The van der Waals surface area contributed by atoms with E-state index in [1.165, 1.54) is 5.56 Å². The lowest BCUT2D eigenvalue weighted by molar-refractivity contribution is 0.0793. The molecule has 0 bridgehead atoms. The summed E-state index contributed by atoms with van der Waals surface area (Å²) in [6.45, 7) is 2.38. The average molecular weight is 357 g/mol. The van der Waals surface area contributed by atoms with Crippen LogP contribution in [0.15, 0.2) is 54.9 Å². The number of imidazole rings is 1. The zero-order valence-corrected chi connectivity index (χ0v) is 14.9. The minimum atomic E-state index is 0.0912. The lowest BCUT2D eigenvalue weighted by Gasteiger charge is -2.15. The maximum Gasteiger partial charge on any atom is 0.253 e.